The molecular weight excluding hydrogens is 443 g/mol. The fourth-order valence-corrected chi connectivity index (χ4v) is 4.57. The molecule has 1 N–H and O–H groups in total. The fourth-order valence-electron chi connectivity index (χ4n) is 4.57. The number of ether oxygens (including phenoxy) is 1. The van der Waals surface area contributed by atoms with Gasteiger partial charge < -0.3 is 14.6 Å². The van der Waals surface area contributed by atoms with Gasteiger partial charge in [0, 0.05) is 38.1 Å². The first kappa shape index (κ1) is 22.9. The van der Waals surface area contributed by atoms with Crippen molar-refractivity contribution in [2.24, 2.45) is 0 Å². The van der Waals surface area contributed by atoms with E-state index in [1.54, 1.807) is 36.1 Å². The standard InChI is InChI=1S/C25H28F3N5O/c1-15-8-24(16(2)7-20(15)26)33-13-23(30-14-33)19-9-17(10-29-25(19)28)31-22-3-5-32(12-21(22)27)11-18-4-6-34-18/h7-10,13-14,18,21-22,31H,3-6,11-12H2,1-2H3. The Morgan fingerprint density at radius 3 is 2.68 bits per heavy atom. The Morgan fingerprint density at radius 1 is 1.12 bits per heavy atom. The largest absolute Gasteiger partial charge is 0.378 e. The minimum Gasteiger partial charge on any atom is -0.378 e. The van der Waals surface area contributed by atoms with Crippen molar-refractivity contribution in [3.05, 3.63) is 59.8 Å². The zero-order chi connectivity index (χ0) is 23.8. The number of pyridine rings is 1. The molecule has 5 rings (SSSR count). The summed E-state index contributed by atoms with van der Waals surface area (Å²) in [6.45, 7) is 6.19. The summed E-state index contributed by atoms with van der Waals surface area (Å²) in [4.78, 5) is 10.3. The fraction of sp³-hybridized carbons (Fsp3) is 0.440. The third-order valence-electron chi connectivity index (χ3n) is 6.69. The van der Waals surface area contributed by atoms with Crippen molar-refractivity contribution in [3.63, 3.8) is 0 Å². The molecule has 6 nitrogen and oxygen atoms in total. The van der Waals surface area contributed by atoms with Crippen LogP contribution in [0.3, 0.4) is 0 Å². The average Bonchev–Trinajstić information content (AvgIpc) is 3.26. The van der Waals surface area contributed by atoms with Crippen molar-refractivity contribution in [1.82, 2.24) is 19.4 Å². The molecule has 2 aliphatic heterocycles. The molecule has 1 aromatic carbocycles. The number of likely N-dealkylation sites (tertiary alicyclic amines) is 1. The van der Waals surface area contributed by atoms with Gasteiger partial charge in [-0.05, 0) is 56.0 Å². The summed E-state index contributed by atoms with van der Waals surface area (Å²) < 4.78 is 50.5. The molecule has 2 fully saturated rings. The molecule has 0 aliphatic carbocycles. The van der Waals surface area contributed by atoms with Crippen LogP contribution in [0.4, 0.5) is 18.9 Å². The summed E-state index contributed by atoms with van der Waals surface area (Å²) in [7, 11) is 0. The van der Waals surface area contributed by atoms with Crippen molar-refractivity contribution >= 4 is 5.69 Å². The van der Waals surface area contributed by atoms with Gasteiger partial charge in [-0.15, -0.1) is 0 Å². The van der Waals surface area contributed by atoms with E-state index in [1.165, 1.54) is 12.3 Å². The molecule has 34 heavy (non-hydrogen) atoms. The number of rotatable bonds is 6. The van der Waals surface area contributed by atoms with Gasteiger partial charge in [0.2, 0.25) is 5.95 Å². The number of imidazole rings is 1. The SMILES string of the molecule is Cc1cc(-n2cnc(-c3cc(NC4CCN(CC5CCO5)CC4F)cnc3F)c2)c(C)cc1F. The molecule has 180 valence electrons. The number of nitrogens with one attached hydrogen (secondary N) is 1. The molecule has 4 heterocycles. The number of hydrogen-bond acceptors (Lipinski definition) is 5. The number of halogens is 3. The Bertz CT molecular complexity index is 1180. The van der Waals surface area contributed by atoms with E-state index >= 15 is 0 Å². The van der Waals surface area contributed by atoms with Crippen LogP contribution >= 0.6 is 0 Å². The first-order chi connectivity index (χ1) is 16.4. The van der Waals surface area contributed by atoms with Gasteiger partial charge in [-0.25, -0.2) is 18.7 Å². The number of hydrogen-bond donors (Lipinski definition) is 1. The topological polar surface area (TPSA) is 55.2 Å². The molecule has 0 spiro atoms. The van der Waals surface area contributed by atoms with E-state index in [-0.39, 0.29) is 23.5 Å². The molecule has 0 saturated carbocycles. The van der Waals surface area contributed by atoms with Crippen LogP contribution in [0.25, 0.3) is 16.9 Å². The molecule has 0 bridgehead atoms. The van der Waals surface area contributed by atoms with Crippen LogP contribution in [0, 0.1) is 25.6 Å². The molecule has 2 aliphatic rings. The maximum atomic E-state index is 14.9. The summed E-state index contributed by atoms with van der Waals surface area (Å²) in [6.07, 6.45) is 5.48. The van der Waals surface area contributed by atoms with E-state index in [0.29, 0.717) is 29.9 Å². The van der Waals surface area contributed by atoms with E-state index in [1.807, 2.05) is 6.92 Å². The van der Waals surface area contributed by atoms with E-state index in [9.17, 15) is 13.2 Å². The molecule has 3 aromatic rings. The van der Waals surface area contributed by atoms with Crippen molar-refractivity contribution in [2.75, 3.05) is 31.6 Å². The molecular formula is C25H28F3N5O. The molecule has 3 atom stereocenters. The van der Waals surface area contributed by atoms with Crippen molar-refractivity contribution in [1.29, 1.82) is 0 Å². The van der Waals surface area contributed by atoms with E-state index in [0.717, 1.165) is 37.4 Å². The zero-order valence-electron chi connectivity index (χ0n) is 19.3. The predicted molar refractivity (Wildman–Crippen MR) is 124 cm³/mol. The summed E-state index contributed by atoms with van der Waals surface area (Å²) in [5, 5.41) is 3.19. The van der Waals surface area contributed by atoms with Crippen LogP contribution in [0.1, 0.15) is 24.0 Å². The third kappa shape index (κ3) is 4.67. The normalized spacial score (nSPS) is 23.0. The lowest BCUT2D eigenvalue weighted by atomic mass is 10.0. The van der Waals surface area contributed by atoms with E-state index in [2.05, 4.69) is 20.2 Å². The minimum atomic E-state index is -1.05. The van der Waals surface area contributed by atoms with Crippen LogP contribution in [0.2, 0.25) is 0 Å². The lowest BCUT2D eigenvalue weighted by Crippen LogP contribution is -2.51. The lowest BCUT2D eigenvalue weighted by molar-refractivity contribution is -0.0722. The summed E-state index contributed by atoms with van der Waals surface area (Å²) >= 11 is 0. The average molecular weight is 472 g/mol. The highest BCUT2D eigenvalue weighted by Crippen LogP contribution is 2.27. The van der Waals surface area contributed by atoms with Gasteiger partial charge in [-0.1, -0.05) is 0 Å². The second-order valence-electron chi connectivity index (χ2n) is 9.21. The quantitative estimate of drug-likeness (QED) is 0.539. The molecule has 2 saturated heterocycles. The van der Waals surface area contributed by atoms with E-state index < -0.39 is 12.1 Å². The second kappa shape index (κ2) is 9.38. The maximum absolute atomic E-state index is 14.9. The maximum Gasteiger partial charge on any atom is 0.222 e. The highest BCUT2D eigenvalue weighted by molar-refractivity contribution is 5.64. The Morgan fingerprint density at radius 2 is 1.94 bits per heavy atom. The molecule has 0 radical (unpaired) electrons. The number of piperidine rings is 1. The number of aromatic nitrogens is 3. The predicted octanol–water partition coefficient (Wildman–Crippen LogP) is 4.44. The summed E-state index contributed by atoms with van der Waals surface area (Å²) in [6, 6.07) is 4.43. The Labute approximate surface area is 196 Å². The monoisotopic (exact) mass is 471 g/mol. The zero-order valence-corrected chi connectivity index (χ0v) is 19.3. The van der Waals surface area contributed by atoms with Gasteiger partial charge in [0.05, 0.1) is 41.6 Å². The number of benzene rings is 1. The molecule has 2 aromatic heterocycles. The van der Waals surface area contributed by atoms with Crippen molar-refractivity contribution in [3.8, 4) is 16.9 Å². The van der Waals surface area contributed by atoms with Crippen molar-refractivity contribution in [2.45, 2.75) is 45.0 Å². The first-order valence-corrected chi connectivity index (χ1v) is 11.6. The van der Waals surface area contributed by atoms with Crippen LogP contribution in [-0.4, -0.2) is 64.0 Å². The first-order valence-electron chi connectivity index (χ1n) is 11.6. The highest BCUT2D eigenvalue weighted by Gasteiger charge is 2.32. The smallest absolute Gasteiger partial charge is 0.222 e. The van der Waals surface area contributed by atoms with Gasteiger partial charge in [-0.2, -0.15) is 4.39 Å². The van der Waals surface area contributed by atoms with Gasteiger partial charge in [-0.3, -0.25) is 4.90 Å². The van der Waals surface area contributed by atoms with Crippen molar-refractivity contribution < 1.29 is 17.9 Å². The summed E-state index contributed by atoms with van der Waals surface area (Å²) in [5.41, 5.74) is 3.17. The highest BCUT2D eigenvalue weighted by atomic mass is 19.1. The number of alkyl halides is 1. The van der Waals surface area contributed by atoms with E-state index in [4.69, 9.17) is 4.74 Å². The summed E-state index contributed by atoms with van der Waals surface area (Å²) in [5.74, 6) is -0.932. The van der Waals surface area contributed by atoms with Crippen LogP contribution in [0.15, 0.2) is 36.9 Å². The van der Waals surface area contributed by atoms with Gasteiger partial charge in [0.15, 0.2) is 0 Å². The van der Waals surface area contributed by atoms with Gasteiger partial charge in [0.25, 0.3) is 0 Å². The van der Waals surface area contributed by atoms with Crippen LogP contribution in [0.5, 0.6) is 0 Å². The van der Waals surface area contributed by atoms with Gasteiger partial charge >= 0.3 is 0 Å². The van der Waals surface area contributed by atoms with Gasteiger partial charge in [0.1, 0.15) is 12.0 Å². The number of anilines is 1. The molecule has 3 unspecified atom stereocenters. The minimum absolute atomic E-state index is 0.218. The third-order valence-corrected chi connectivity index (χ3v) is 6.69. The Hall–Kier alpha value is -2.91. The Balaban J connectivity index is 1.30. The lowest BCUT2D eigenvalue weighted by Gasteiger charge is -2.39. The Kier molecular flexibility index (Phi) is 6.31. The second-order valence-corrected chi connectivity index (χ2v) is 9.21. The number of nitrogens with zero attached hydrogens (tertiary/aromatic N) is 4. The molecule has 9 heteroatoms. The van der Waals surface area contributed by atoms with Crippen LogP contribution < -0.4 is 5.32 Å². The number of aryl methyl sites for hydroxylation is 2. The van der Waals surface area contributed by atoms with Crippen LogP contribution in [-0.2, 0) is 4.74 Å². The molecule has 0 amide bonds.